The Morgan fingerprint density at radius 3 is 2.55 bits per heavy atom. The zero-order valence-electron chi connectivity index (χ0n) is 10.00. The van der Waals surface area contributed by atoms with Gasteiger partial charge >= 0.3 is 0 Å². The molecule has 2 aromatic rings. The van der Waals surface area contributed by atoms with Gasteiger partial charge in [0.2, 0.25) is 0 Å². The fourth-order valence-corrected chi connectivity index (χ4v) is 2.42. The van der Waals surface area contributed by atoms with Crippen LogP contribution in [0.2, 0.25) is 15.1 Å². The number of aldehydes is 1. The predicted octanol–water partition coefficient (Wildman–Crippen LogP) is 5.18. The van der Waals surface area contributed by atoms with E-state index in [9.17, 15) is 9.18 Å². The smallest absolute Gasteiger partial charge is 0.153 e. The number of carbonyl (C=O) groups excluding carboxylic acids is 1. The lowest BCUT2D eigenvalue weighted by molar-refractivity contribution is 0.111. The van der Waals surface area contributed by atoms with E-state index < -0.39 is 5.82 Å². The summed E-state index contributed by atoms with van der Waals surface area (Å²) in [5, 5.41) is 0.725. The summed E-state index contributed by atoms with van der Waals surface area (Å²) in [5.41, 5.74) is 0.381. The second kappa shape index (κ2) is 6.44. The molecule has 0 bridgehead atoms. The van der Waals surface area contributed by atoms with Crippen molar-refractivity contribution in [3.8, 4) is 5.75 Å². The van der Waals surface area contributed by atoms with Crippen LogP contribution in [0.4, 0.5) is 4.39 Å². The lowest BCUT2D eigenvalue weighted by Gasteiger charge is -2.12. The predicted molar refractivity (Wildman–Crippen MR) is 77.6 cm³/mol. The summed E-state index contributed by atoms with van der Waals surface area (Å²) in [6, 6.07) is 7.17. The van der Waals surface area contributed by atoms with Crippen LogP contribution in [-0.2, 0) is 6.61 Å². The van der Waals surface area contributed by atoms with E-state index in [0.717, 1.165) is 0 Å². The first-order valence-electron chi connectivity index (χ1n) is 5.53. The maximum atomic E-state index is 13.6. The standard InChI is InChI=1S/C14H8Cl3FO2/c15-9-4-8(6-19)14(12(17)5-9)20-7-10-11(16)2-1-3-13(10)18/h1-6H,7H2. The Kier molecular flexibility index (Phi) is 4.86. The quantitative estimate of drug-likeness (QED) is 0.721. The second-order valence-electron chi connectivity index (χ2n) is 3.91. The fraction of sp³-hybridized carbons (Fsp3) is 0.0714. The molecule has 0 atom stereocenters. The molecule has 0 heterocycles. The molecule has 6 heteroatoms. The molecule has 20 heavy (non-hydrogen) atoms. The van der Waals surface area contributed by atoms with Gasteiger partial charge in [0.15, 0.2) is 6.29 Å². The Labute approximate surface area is 130 Å². The number of hydrogen-bond donors (Lipinski definition) is 0. The number of halogens is 4. The van der Waals surface area contributed by atoms with Gasteiger partial charge in [-0.15, -0.1) is 0 Å². The molecule has 0 spiro atoms. The summed E-state index contributed by atoms with van der Waals surface area (Å²) >= 11 is 17.6. The molecule has 0 radical (unpaired) electrons. The van der Waals surface area contributed by atoms with Gasteiger partial charge < -0.3 is 4.74 Å². The van der Waals surface area contributed by atoms with E-state index in [1.807, 2.05) is 0 Å². The van der Waals surface area contributed by atoms with Gasteiger partial charge in [0.1, 0.15) is 18.2 Å². The van der Waals surface area contributed by atoms with Crippen LogP contribution >= 0.6 is 34.8 Å². The molecule has 0 aliphatic heterocycles. The van der Waals surface area contributed by atoms with E-state index >= 15 is 0 Å². The summed E-state index contributed by atoms with van der Waals surface area (Å²) in [7, 11) is 0. The molecule has 0 fully saturated rings. The molecule has 0 aliphatic rings. The van der Waals surface area contributed by atoms with Crippen LogP contribution in [0.25, 0.3) is 0 Å². The van der Waals surface area contributed by atoms with Gasteiger partial charge in [-0.3, -0.25) is 4.79 Å². The average Bonchev–Trinajstić information content (AvgIpc) is 2.39. The number of hydrogen-bond acceptors (Lipinski definition) is 2. The maximum Gasteiger partial charge on any atom is 0.153 e. The molecule has 0 N–H and O–H groups in total. The third-order valence-corrected chi connectivity index (χ3v) is 3.44. The van der Waals surface area contributed by atoms with Crippen molar-refractivity contribution in [3.63, 3.8) is 0 Å². The molecule has 0 aromatic heterocycles. The zero-order chi connectivity index (χ0) is 14.7. The van der Waals surface area contributed by atoms with E-state index in [1.54, 1.807) is 6.07 Å². The molecule has 0 amide bonds. The molecular formula is C14H8Cl3FO2. The summed E-state index contributed by atoms with van der Waals surface area (Å²) in [6.45, 7) is -0.145. The normalized spacial score (nSPS) is 10.4. The number of benzene rings is 2. The Bertz CT molecular complexity index is 639. The topological polar surface area (TPSA) is 26.3 Å². The lowest BCUT2D eigenvalue weighted by Crippen LogP contribution is -2.02. The zero-order valence-corrected chi connectivity index (χ0v) is 12.3. The van der Waals surface area contributed by atoms with Crippen molar-refractivity contribution >= 4 is 41.1 Å². The Morgan fingerprint density at radius 1 is 1.15 bits per heavy atom. The molecule has 0 aliphatic carbocycles. The van der Waals surface area contributed by atoms with Gasteiger partial charge in [0.25, 0.3) is 0 Å². The highest BCUT2D eigenvalue weighted by atomic mass is 35.5. The minimum Gasteiger partial charge on any atom is -0.486 e. The van der Waals surface area contributed by atoms with Crippen molar-refractivity contribution in [1.29, 1.82) is 0 Å². The van der Waals surface area contributed by atoms with E-state index in [1.165, 1.54) is 24.3 Å². The summed E-state index contributed by atoms with van der Waals surface area (Å²) < 4.78 is 19.0. The third-order valence-electron chi connectivity index (χ3n) is 2.59. The van der Waals surface area contributed by atoms with Crippen molar-refractivity contribution in [3.05, 3.63) is 62.3 Å². The monoisotopic (exact) mass is 332 g/mol. The van der Waals surface area contributed by atoms with Crippen LogP contribution < -0.4 is 4.74 Å². The van der Waals surface area contributed by atoms with Crippen LogP contribution in [0.1, 0.15) is 15.9 Å². The minimum absolute atomic E-state index is 0.144. The van der Waals surface area contributed by atoms with Gasteiger partial charge in [-0.25, -0.2) is 4.39 Å². The van der Waals surface area contributed by atoms with Crippen LogP contribution in [0, 0.1) is 5.82 Å². The molecule has 2 nitrogen and oxygen atoms in total. The van der Waals surface area contributed by atoms with Gasteiger partial charge in [-0.1, -0.05) is 40.9 Å². The average molecular weight is 334 g/mol. The third kappa shape index (κ3) is 3.23. The second-order valence-corrected chi connectivity index (χ2v) is 5.16. The molecule has 2 rings (SSSR count). The molecule has 2 aromatic carbocycles. The van der Waals surface area contributed by atoms with Crippen molar-refractivity contribution in [2.75, 3.05) is 0 Å². The first kappa shape index (κ1) is 15.1. The maximum absolute atomic E-state index is 13.6. The Balaban J connectivity index is 2.30. The molecule has 0 saturated heterocycles. The van der Waals surface area contributed by atoms with Crippen molar-refractivity contribution in [2.45, 2.75) is 6.61 Å². The van der Waals surface area contributed by atoms with Crippen LogP contribution in [-0.4, -0.2) is 6.29 Å². The first-order chi connectivity index (χ1) is 9.52. The molecular weight excluding hydrogens is 326 g/mol. The summed E-state index contributed by atoms with van der Waals surface area (Å²) in [4.78, 5) is 11.0. The van der Waals surface area contributed by atoms with E-state index in [0.29, 0.717) is 11.3 Å². The number of carbonyl (C=O) groups is 1. The highest BCUT2D eigenvalue weighted by Gasteiger charge is 2.13. The van der Waals surface area contributed by atoms with Gasteiger partial charge in [-0.2, -0.15) is 0 Å². The molecule has 0 unspecified atom stereocenters. The first-order valence-corrected chi connectivity index (χ1v) is 6.66. The fourth-order valence-electron chi connectivity index (χ4n) is 1.63. The lowest BCUT2D eigenvalue weighted by atomic mass is 10.2. The number of ether oxygens (including phenoxy) is 1. The van der Waals surface area contributed by atoms with Gasteiger partial charge in [0, 0.05) is 10.6 Å². The Morgan fingerprint density at radius 2 is 1.90 bits per heavy atom. The highest BCUT2D eigenvalue weighted by molar-refractivity contribution is 6.36. The summed E-state index contributed by atoms with van der Waals surface area (Å²) in [5.74, 6) is -0.347. The SMILES string of the molecule is O=Cc1cc(Cl)cc(Cl)c1OCc1c(F)cccc1Cl. The van der Waals surface area contributed by atoms with Crippen LogP contribution in [0.3, 0.4) is 0 Å². The minimum atomic E-state index is -0.491. The van der Waals surface area contributed by atoms with Gasteiger partial charge in [0.05, 0.1) is 15.6 Å². The highest BCUT2D eigenvalue weighted by Crippen LogP contribution is 2.32. The Hall–Kier alpha value is -1.29. The van der Waals surface area contributed by atoms with Crippen LogP contribution in [0.15, 0.2) is 30.3 Å². The van der Waals surface area contributed by atoms with Crippen LogP contribution in [0.5, 0.6) is 5.75 Å². The van der Waals surface area contributed by atoms with Gasteiger partial charge in [-0.05, 0) is 24.3 Å². The number of rotatable bonds is 4. The molecule has 104 valence electrons. The summed E-state index contributed by atoms with van der Waals surface area (Å²) in [6.07, 6.45) is 0.566. The van der Waals surface area contributed by atoms with E-state index in [-0.39, 0.29) is 33.5 Å². The van der Waals surface area contributed by atoms with E-state index in [2.05, 4.69) is 0 Å². The van der Waals surface area contributed by atoms with Crippen molar-refractivity contribution < 1.29 is 13.9 Å². The largest absolute Gasteiger partial charge is 0.486 e. The van der Waals surface area contributed by atoms with E-state index in [4.69, 9.17) is 39.5 Å². The van der Waals surface area contributed by atoms with Crippen molar-refractivity contribution in [1.82, 2.24) is 0 Å². The molecule has 0 saturated carbocycles. The van der Waals surface area contributed by atoms with Crippen molar-refractivity contribution in [2.24, 2.45) is 0 Å².